The fraction of sp³-hybridized carbons (Fsp3) is 0.700. The van der Waals surface area contributed by atoms with Crippen LogP contribution in [0.15, 0.2) is 0 Å². The third-order valence-corrected chi connectivity index (χ3v) is 3.69. The van der Waals surface area contributed by atoms with Crippen molar-refractivity contribution < 1.29 is 23.9 Å². The predicted octanol–water partition coefficient (Wildman–Crippen LogP) is -0.115. The molecule has 0 amide bonds. The summed E-state index contributed by atoms with van der Waals surface area (Å²) in [6.07, 6.45) is 0.907. The molecule has 2 aliphatic heterocycles. The van der Waals surface area contributed by atoms with Crippen LogP contribution in [0.1, 0.15) is 12.8 Å². The van der Waals surface area contributed by atoms with E-state index in [4.69, 9.17) is 4.74 Å². The first-order valence-corrected chi connectivity index (χ1v) is 5.08. The number of esters is 3. The Morgan fingerprint density at radius 3 is 2.73 bits per heavy atom. The zero-order valence-electron chi connectivity index (χ0n) is 7.97. The van der Waals surface area contributed by atoms with Gasteiger partial charge in [-0.2, -0.15) is 0 Å². The SMILES string of the molecule is O=C1CC2C3COC(=O)C(C3)C2C(=O)O1. The molecule has 3 fully saturated rings. The lowest BCUT2D eigenvalue weighted by Gasteiger charge is -2.24. The van der Waals surface area contributed by atoms with Gasteiger partial charge < -0.3 is 9.47 Å². The van der Waals surface area contributed by atoms with Gasteiger partial charge in [-0.25, -0.2) is 0 Å². The molecule has 0 aromatic rings. The molecular weight excluding hydrogens is 200 g/mol. The molecule has 5 heteroatoms. The maximum atomic E-state index is 11.5. The summed E-state index contributed by atoms with van der Waals surface area (Å²) in [5.41, 5.74) is 0. The highest BCUT2D eigenvalue weighted by Gasteiger charge is 2.57. The maximum Gasteiger partial charge on any atom is 0.317 e. The Balaban J connectivity index is 1.97. The molecule has 3 rings (SSSR count). The van der Waals surface area contributed by atoms with E-state index in [9.17, 15) is 14.4 Å². The molecule has 4 atom stereocenters. The Kier molecular flexibility index (Phi) is 1.66. The first-order valence-electron chi connectivity index (χ1n) is 5.08. The van der Waals surface area contributed by atoms with Crippen LogP contribution in [-0.2, 0) is 23.9 Å². The van der Waals surface area contributed by atoms with Crippen molar-refractivity contribution in [3.63, 3.8) is 0 Å². The van der Waals surface area contributed by atoms with Gasteiger partial charge in [0.2, 0.25) is 0 Å². The number of cyclic esters (lactones) is 3. The Hall–Kier alpha value is -1.39. The van der Waals surface area contributed by atoms with Crippen LogP contribution in [0.4, 0.5) is 0 Å². The quantitative estimate of drug-likeness (QED) is 0.412. The van der Waals surface area contributed by atoms with Crippen molar-refractivity contribution in [2.75, 3.05) is 6.61 Å². The number of hydrogen-bond acceptors (Lipinski definition) is 5. The molecule has 1 saturated carbocycles. The summed E-state index contributed by atoms with van der Waals surface area (Å²) in [7, 11) is 0. The van der Waals surface area contributed by atoms with E-state index in [-0.39, 0.29) is 30.1 Å². The van der Waals surface area contributed by atoms with Crippen molar-refractivity contribution in [1.29, 1.82) is 0 Å². The minimum absolute atomic E-state index is 0.0461. The summed E-state index contributed by atoms with van der Waals surface area (Å²) in [4.78, 5) is 34.1. The Labute approximate surface area is 85.7 Å². The fourth-order valence-electron chi connectivity index (χ4n) is 3.02. The van der Waals surface area contributed by atoms with Gasteiger partial charge >= 0.3 is 17.9 Å². The minimum atomic E-state index is -0.539. The molecule has 5 nitrogen and oxygen atoms in total. The van der Waals surface area contributed by atoms with Crippen molar-refractivity contribution in [1.82, 2.24) is 0 Å². The molecule has 2 bridgehead atoms. The Morgan fingerprint density at radius 2 is 1.93 bits per heavy atom. The lowest BCUT2D eigenvalue weighted by molar-refractivity contribution is -0.173. The van der Waals surface area contributed by atoms with Gasteiger partial charge in [-0.15, -0.1) is 0 Å². The number of hydrogen-bond donors (Lipinski definition) is 0. The number of carbonyl (C=O) groups is 3. The van der Waals surface area contributed by atoms with Crippen molar-refractivity contribution >= 4 is 17.9 Å². The topological polar surface area (TPSA) is 69.7 Å². The highest BCUT2D eigenvalue weighted by Crippen LogP contribution is 2.49. The molecule has 3 aliphatic rings. The lowest BCUT2D eigenvalue weighted by Crippen LogP contribution is -2.37. The highest BCUT2D eigenvalue weighted by molar-refractivity contribution is 5.93. The minimum Gasteiger partial charge on any atom is -0.465 e. The fourth-order valence-corrected chi connectivity index (χ4v) is 3.02. The predicted molar refractivity (Wildman–Crippen MR) is 45.3 cm³/mol. The molecule has 4 unspecified atom stereocenters. The standard InChI is InChI=1S/C10H10O5/c11-7-2-5-4-1-6(9(12)14-3-4)8(5)10(13)15-7/h4-6,8H,1-3H2. The molecule has 0 aromatic heterocycles. The summed E-state index contributed by atoms with van der Waals surface area (Å²) in [5, 5.41) is 0. The second-order valence-corrected chi connectivity index (χ2v) is 4.42. The molecule has 1 aliphatic carbocycles. The van der Waals surface area contributed by atoms with Crippen LogP contribution >= 0.6 is 0 Å². The van der Waals surface area contributed by atoms with Crippen molar-refractivity contribution in [3.8, 4) is 0 Å². The summed E-state index contributed by atoms with van der Waals surface area (Å²) in [6.45, 7) is 0.344. The molecule has 0 radical (unpaired) electrons. The van der Waals surface area contributed by atoms with Gasteiger partial charge in [-0.05, 0) is 18.3 Å². The van der Waals surface area contributed by atoms with E-state index >= 15 is 0 Å². The van der Waals surface area contributed by atoms with E-state index in [0.717, 1.165) is 0 Å². The lowest BCUT2D eigenvalue weighted by atomic mass is 9.84. The van der Waals surface area contributed by atoms with E-state index in [2.05, 4.69) is 4.74 Å². The molecule has 0 aromatic carbocycles. The van der Waals surface area contributed by atoms with Crippen LogP contribution in [-0.4, -0.2) is 24.5 Å². The van der Waals surface area contributed by atoms with Crippen molar-refractivity contribution in [2.45, 2.75) is 12.8 Å². The number of rotatable bonds is 0. The third-order valence-electron chi connectivity index (χ3n) is 3.69. The van der Waals surface area contributed by atoms with Crippen LogP contribution in [0, 0.1) is 23.7 Å². The van der Waals surface area contributed by atoms with Gasteiger partial charge in [0.1, 0.15) is 0 Å². The second-order valence-electron chi connectivity index (χ2n) is 4.42. The van der Waals surface area contributed by atoms with Crippen LogP contribution in [0.3, 0.4) is 0 Å². The summed E-state index contributed by atoms with van der Waals surface area (Å²) in [6, 6.07) is 0. The maximum absolute atomic E-state index is 11.5. The summed E-state index contributed by atoms with van der Waals surface area (Å²) >= 11 is 0. The average molecular weight is 210 g/mol. The highest BCUT2D eigenvalue weighted by atomic mass is 16.6. The van der Waals surface area contributed by atoms with Gasteiger partial charge in [0, 0.05) is 0 Å². The number of ether oxygens (including phenoxy) is 2. The van der Waals surface area contributed by atoms with Crippen LogP contribution in [0.2, 0.25) is 0 Å². The second kappa shape index (κ2) is 2.81. The monoisotopic (exact) mass is 210 g/mol. The first-order chi connectivity index (χ1) is 7.16. The van der Waals surface area contributed by atoms with Crippen molar-refractivity contribution in [3.05, 3.63) is 0 Å². The van der Waals surface area contributed by atoms with Gasteiger partial charge in [0.15, 0.2) is 0 Å². The Morgan fingerprint density at radius 1 is 1.13 bits per heavy atom. The number of fused-ring (bicyclic) bond motifs is 5. The van der Waals surface area contributed by atoms with Gasteiger partial charge in [-0.1, -0.05) is 0 Å². The van der Waals surface area contributed by atoms with Crippen LogP contribution < -0.4 is 0 Å². The smallest absolute Gasteiger partial charge is 0.317 e. The zero-order chi connectivity index (χ0) is 10.6. The van der Waals surface area contributed by atoms with Crippen LogP contribution in [0.25, 0.3) is 0 Å². The van der Waals surface area contributed by atoms with Crippen LogP contribution in [0.5, 0.6) is 0 Å². The Bertz CT molecular complexity index is 361. The normalized spacial score (nSPS) is 43.3. The van der Waals surface area contributed by atoms with E-state index in [1.807, 2.05) is 0 Å². The van der Waals surface area contributed by atoms with E-state index < -0.39 is 17.9 Å². The molecule has 2 saturated heterocycles. The van der Waals surface area contributed by atoms with Gasteiger partial charge in [0.05, 0.1) is 24.9 Å². The summed E-state index contributed by atoms with van der Waals surface area (Å²) < 4.78 is 9.55. The van der Waals surface area contributed by atoms with E-state index in [1.54, 1.807) is 0 Å². The molecular formula is C10H10O5. The number of carbonyl (C=O) groups excluding carboxylic acids is 3. The molecule has 0 spiro atoms. The zero-order valence-corrected chi connectivity index (χ0v) is 7.97. The third kappa shape index (κ3) is 1.12. The molecule has 15 heavy (non-hydrogen) atoms. The molecule has 80 valence electrons. The van der Waals surface area contributed by atoms with E-state index in [1.165, 1.54) is 0 Å². The largest absolute Gasteiger partial charge is 0.465 e. The van der Waals surface area contributed by atoms with Crippen molar-refractivity contribution in [2.24, 2.45) is 23.7 Å². The molecule has 2 heterocycles. The van der Waals surface area contributed by atoms with Gasteiger partial charge in [-0.3, -0.25) is 14.4 Å². The molecule has 0 N–H and O–H groups in total. The average Bonchev–Trinajstić information content (AvgIpc) is 2.48. The van der Waals surface area contributed by atoms with E-state index in [0.29, 0.717) is 13.0 Å². The summed E-state index contributed by atoms with van der Waals surface area (Å²) in [5.74, 6) is -2.03. The first kappa shape index (κ1) is 8.88. The van der Waals surface area contributed by atoms with Gasteiger partial charge in [0.25, 0.3) is 0 Å².